The molecular weight excluding hydrogens is 453 g/mol. The van der Waals surface area contributed by atoms with Crippen molar-refractivity contribution in [2.45, 2.75) is 44.2 Å². The van der Waals surface area contributed by atoms with Gasteiger partial charge in [-0.15, -0.1) is 0 Å². The van der Waals surface area contributed by atoms with Crippen molar-refractivity contribution < 1.29 is 23.9 Å². The number of likely N-dealkylation sites (tertiary alicyclic amines) is 1. The zero-order valence-corrected chi connectivity index (χ0v) is 18.6. The Labute approximate surface area is 194 Å². The number of hydrogen-bond acceptors (Lipinski definition) is 5. The average Bonchev–Trinajstić information content (AvgIpc) is 3.27. The number of rotatable bonds is 4. The largest absolute Gasteiger partial charge is 0.389 e. The summed E-state index contributed by atoms with van der Waals surface area (Å²) in [6, 6.07) is 3.69. The Balaban J connectivity index is 1.40. The van der Waals surface area contributed by atoms with Gasteiger partial charge in [-0.05, 0) is 43.9 Å². The molecular formula is C22H25ClFN5O4. The highest BCUT2D eigenvalue weighted by Crippen LogP contribution is 2.29. The number of anilines is 1. The first kappa shape index (κ1) is 23.2. The highest BCUT2D eigenvalue weighted by Gasteiger charge is 2.33. The van der Waals surface area contributed by atoms with Gasteiger partial charge in [0, 0.05) is 32.1 Å². The van der Waals surface area contributed by atoms with Crippen LogP contribution in [-0.2, 0) is 4.79 Å². The van der Waals surface area contributed by atoms with E-state index in [4.69, 9.17) is 11.6 Å². The summed E-state index contributed by atoms with van der Waals surface area (Å²) in [5.41, 5.74) is 0.546. The lowest BCUT2D eigenvalue weighted by atomic mass is 10.0. The Morgan fingerprint density at radius 1 is 1.24 bits per heavy atom. The third-order valence-electron chi connectivity index (χ3n) is 5.95. The molecule has 0 radical (unpaired) electrons. The predicted octanol–water partition coefficient (Wildman–Crippen LogP) is 2.11. The first-order valence-corrected chi connectivity index (χ1v) is 11.3. The number of benzene rings is 1. The van der Waals surface area contributed by atoms with Crippen LogP contribution >= 0.6 is 11.6 Å². The summed E-state index contributed by atoms with van der Waals surface area (Å²) in [7, 11) is 0. The van der Waals surface area contributed by atoms with Crippen molar-refractivity contribution in [1.29, 1.82) is 0 Å². The molecule has 11 heteroatoms. The van der Waals surface area contributed by atoms with Crippen LogP contribution < -0.4 is 10.2 Å². The summed E-state index contributed by atoms with van der Waals surface area (Å²) in [6.45, 7) is 0.890. The molecule has 0 aliphatic carbocycles. The molecule has 176 valence electrons. The second kappa shape index (κ2) is 9.88. The molecule has 1 atom stereocenters. The normalized spacial score (nSPS) is 20.0. The number of amides is 3. The van der Waals surface area contributed by atoms with Crippen molar-refractivity contribution in [1.82, 2.24) is 20.2 Å². The number of aliphatic hydroxyl groups excluding tert-OH is 1. The van der Waals surface area contributed by atoms with E-state index < -0.39 is 17.8 Å². The van der Waals surface area contributed by atoms with Crippen molar-refractivity contribution in [2.75, 3.05) is 24.5 Å². The van der Waals surface area contributed by atoms with Gasteiger partial charge in [0.15, 0.2) is 5.69 Å². The van der Waals surface area contributed by atoms with Gasteiger partial charge >= 0.3 is 0 Å². The second-order valence-electron chi connectivity index (χ2n) is 8.34. The molecule has 3 amide bonds. The summed E-state index contributed by atoms with van der Waals surface area (Å²) in [4.78, 5) is 48.0. The number of hydrogen-bond donors (Lipinski definition) is 3. The van der Waals surface area contributed by atoms with E-state index in [1.54, 1.807) is 4.90 Å². The molecule has 2 aromatic rings. The maximum Gasteiger partial charge on any atom is 0.272 e. The van der Waals surface area contributed by atoms with Gasteiger partial charge in [-0.25, -0.2) is 9.37 Å². The molecule has 2 aliphatic heterocycles. The predicted molar refractivity (Wildman–Crippen MR) is 119 cm³/mol. The number of aliphatic hydroxyl groups is 1. The minimum absolute atomic E-state index is 0.00712. The van der Waals surface area contributed by atoms with Gasteiger partial charge in [0.1, 0.15) is 11.5 Å². The van der Waals surface area contributed by atoms with E-state index in [2.05, 4.69) is 15.3 Å². The van der Waals surface area contributed by atoms with Gasteiger partial charge < -0.3 is 25.2 Å². The first-order chi connectivity index (χ1) is 15.8. The van der Waals surface area contributed by atoms with Crippen LogP contribution in [0.1, 0.15) is 53.1 Å². The molecule has 0 unspecified atom stereocenters. The second-order valence-corrected chi connectivity index (χ2v) is 8.74. The number of aromatic amines is 1. The molecule has 2 aliphatic rings. The summed E-state index contributed by atoms with van der Waals surface area (Å²) < 4.78 is 13.4. The highest BCUT2D eigenvalue weighted by atomic mass is 35.5. The van der Waals surface area contributed by atoms with Gasteiger partial charge in [0.2, 0.25) is 5.91 Å². The number of carbonyl (C=O) groups is 3. The van der Waals surface area contributed by atoms with Crippen molar-refractivity contribution in [3.05, 3.63) is 46.8 Å². The van der Waals surface area contributed by atoms with E-state index in [0.29, 0.717) is 31.5 Å². The van der Waals surface area contributed by atoms with Crippen LogP contribution in [0.4, 0.5) is 10.1 Å². The molecule has 4 rings (SSSR count). The molecule has 0 spiro atoms. The highest BCUT2D eigenvalue weighted by molar-refractivity contribution is 6.33. The fourth-order valence-electron chi connectivity index (χ4n) is 4.12. The molecule has 9 nitrogen and oxygen atoms in total. The molecule has 2 saturated heterocycles. The Hall–Kier alpha value is -2.98. The van der Waals surface area contributed by atoms with Crippen LogP contribution in [0.3, 0.4) is 0 Å². The van der Waals surface area contributed by atoms with Crippen LogP contribution in [0.5, 0.6) is 0 Å². The molecule has 33 heavy (non-hydrogen) atoms. The molecule has 1 aromatic carbocycles. The first-order valence-electron chi connectivity index (χ1n) is 10.9. The zero-order valence-electron chi connectivity index (χ0n) is 17.9. The van der Waals surface area contributed by atoms with Gasteiger partial charge in [0.25, 0.3) is 11.8 Å². The zero-order chi connectivity index (χ0) is 23.5. The Bertz CT molecular complexity index is 1060. The van der Waals surface area contributed by atoms with Crippen LogP contribution in [0.25, 0.3) is 0 Å². The van der Waals surface area contributed by atoms with Gasteiger partial charge in [-0.1, -0.05) is 11.6 Å². The number of H-pyrrole nitrogens is 1. The minimum atomic E-state index is -0.546. The lowest BCUT2D eigenvalue weighted by Gasteiger charge is -2.35. The van der Waals surface area contributed by atoms with Crippen molar-refractivity contribution >= 4 is 35.0 Å². The van der Waals surface area contributed by atoms with E-state index >= 15 is 0 Å². The van der Waals surface area contributed by atoms with Crippen molar-refractivity contribution in [3.8, 4) is 0 Å². The minimum Gasteiger partial charge on any atom is -0.389 e. The third-order valence-corrected chi connectivity index (χ3v) is 6.25. The van der Waals surface area contributed by atoms with Gasteiger partial charge in [-0.2, -0.15) is 0 Å². The number of imidazole rings is 1. The maximum absolute atomic E-state index is 13.4. The van der Waals surface area contributed by atoms with Gasteiger partial charge in [0.05, 0.1) is 23.1 Å². The molecule has 1 aromatic heterocycles. The smallest absolute Gasteiger partial charge is 0.272 e. The monoisotopic (exact) mass is 477 g/mol. The fourth-order valence-corrected chi connectivity index (χ4v) is 4.39. The average molecular weight is 478 g/mol. The maximum atomic E-state index is 13.4. The number of halogens is 2. The van der Waals surface area contributed by atoms with E-state index in [1.807, 2.05) is 0 Å². The number of nitrogens with zero attached hydrogens (tertiary/aromatic N) is 3. The van der Waals surface area contributed by atoms with Crippen LogP contribution in [0.2, 0.25) is 5.02 Å². The number of carbonyl (C=O) groups excluding carboxylic acids is 3. The van der Waals surface area contributed by atoms with Crippen molar-refractivity contribution in [3.63, 3.8) is 0 Å². The van der Waals surface area contributed by atoms with Crippen LogP contribution in [-0.4, -0.2) is 69.5 Å². The Morgan fingerprint density at radius 3 is 2.76 bits per heavy atom. The number of β-amino-alcohol motifs (C(OH)–C–C–N with tert-alkyl or cyclic N) is 1. The topological polar surface area (TPSA) is 119 Å². The molecule has 0 saturated carbocycles. The Kier molecular flexibility index (Phi) is 6.94. The van der Waals surface area contributed by atoms with Crippen LogP contribution in [0, 0.1) is 5.82 Å². The Morgan fingerprint density at radius 2 is 2.03 bits per heavy atom. The lowest BCUT2D eigenvalue weighted by molar-refractivity contribution is -0.118. The molecule has 0 bridgehead atoms. The number of nitrogens with one attached hydrogen (secondary N) is 2. The molecule has 3 N–H and O–H groups in total. The summed E-state index contributed by atoms with van der Waals surface area (Å²) in [5.74, 6) is -1.50. The molecule has 2 fully saturated rings. The lowest BCUT2D eigenvalue weighted by Crippen LogP contribution is -2.53. The fraction of sp³-hybridized carbons (Fsp3) is 0.455. The van der Waals surface area contributed by atoms with E-state index in [9.17, 15) is 23.9 Å². The van der Waals surface area contributed by atoms with E-state index in [-0.39, 0.29) is 53.8 Å². The van der Waals surface area contributed by atoms with E-state index in [0.717, 1.165) is 6.42 Å². The van der Waals surface area contributed by atoms with Crippen LogP contribution in [0.15, 0.2) is 24.5 Å². The van der Waals surface area contributed by atoms with Crippen molar-refractivity contribution in [2.24, 2.45) is 0 Å². The summed E-state index contributed by atoms with van der Waals surface area (Å²) in [5, 5.41) is 12.5. The summed E-state index contributed by atoms with van der Waals surface area (Å²) in [6.07, 6.45) is 3.43. The van der Waals surface area contributed by atoms with E-state index in [1.165, 1.54) is 29.4 Å². The quantitative estimate of drug-likeness (QED) is 0.623. The van der Waals surface area contributed by atoms with Gasteiger partial charge in [-0.3, -0.25) is 14.4 Å². The standard InChI is InChI=1S/C22H25ClFN5O4/c23-16-9-13(24)4-6-17(16)29-8-2-1-3-14(5-7-18(29)31)27-21(32)19-20(26-12-25-19)22(33)28-10-15(30)11-28/h4,6,9,12,14-15,30H,1-3,5,7-8,10-11H2,(H,25,26)(H,27,32)/t14-/m1/s1. The molecule has 3 heterocycles. The number of aromatic nitrogens is 2. The SMILES string of the molecule is O=C(N[C@@H]1CCCCN(c2ccc(F)cc2Cl)C(=O)CC1)c1nc[nH]c1C(=O)N1CC(O)C1. The third kappa shape index (κ3) is 5.17. The summed E-state index contributed by atoms with van der Waals surface area (Å²) >= 11 is 6.16.